The fourth-order valence-corrected chi connectivity index (χ4v) is 1.85. The zero-order valence-corrected chi connectivity index (χ0v) is 9.70. The van der Waals surface area contributed by atoms with Gasteiger partial charge < -0.3 is 15.4 Å². The van der Waals surface area contributed by atoms with E-state index >= 15 is 0 Å². The SMILES string of the molecule is CC(C)C(CN)OC1CCN(C)CC1. The van der Waals surface area contributed by atoms with E-state index in [2.05, 4.69) is 25.8 Å². The molecule has 0 radical (unpaired) electrons. The molecular weight excluding hydrogens is 176 g/mol. The molecule has 1 aliphatic heterocycles. The standard InChI is InChI=1S/C11H24N2O/c1-9(2)11(8-12)14-10-4-6-13(3)7-5-10/h9-11H,4-8,12H2,1-3H3. The molecule has 2 N–H and O–H groups in total. The van der Waals surface area contributed by atoms with Gasteiger partial charge in [0.05, 0.1) is 12.2 Å². The van der Waals surface area contributed by atoms with Crippen molar-refractivity contribution in [3.05, 3.63) is 0 Å². The first-order valence-corrected chi connectivity index (χ1v) is 5.67. The Kier molecular flexibility index (Phi) is 4.85. The van der Waals surface area contributed by atoms with Crippen molar-refractivity contribution >= 4 is 0 Å². The molecule has 14 heavy (non-hydrogen) atoms. The quantitative estimate of drug-likeness (QED) is 0.738. The molecule has 84 valence electrons. The third kappa shape index (κ3) is 3.56. The third-order valence-corrected chi connectivity index (χ3v) is 3.01. The molecule has 1 atom stereocenters. The van der Waals surface area contributed by atoms with Crippen LogP contribution < -0.4 is 5.73 Å². The van der Waals surface area contributed by atoms with Crippen LogP contribution in [0.4, 0.5) is 0 Å². The van der Waals surface area contributed by atoms with Crippen molar-refractivity contribution in [3.8, 4) is 0 Å². The van der Waals surface area contributed by atoms with E-state index in [-0.39, 0.29) is 6.10 Å². The molecular formula is C11H24N2O. The number of likely N-dealkylation sites (tertiary alicyclic amines) is 1. The number of nitrogens with two attached hydrogens (primary N) is 1. The fraction of sp³-hybridized carbons (Fsp3) is 1.00. The molecule has 1 aliphatic rings. The van der Waals surface area contributed by atoms with Crippen LogP contribution in [-0.4, -0.2) is 43.8 Å². The van der Waals surface area contributed by atoms with Gasteiger partial charge in [0.25, 0.3) is 0 Å². The molecule has 0 aliphatic carbocycles. The zero-order chi connectivity index (χ0) is 10.6. The summed E-state index contributed by atoms with van der Waals surface area (Å²) in [6.45, 7) is 7.29. The van der Waals surface area contributed by atoms with Crippen molar-refractivity contribution in [2.45, 2.75) is 38.9 Å². The van der Waals surface area contributed by atoms with E-state index in [0.29, 0.717) is 18.6 Å². The van der Waals surface area contributed by atoms with Crippen LogP contribution in [0.2, 0.25) is 0 Å². The van der Waals surface area contributed by atoms with E-state index < -0.39 is 0 Å². The Labute approximate surface area is 87.6 Å². The Morgan fingerprint density at radius 3 is 2.36 bits per heavy atom. The Balaban J connectivity index is 2.29. The third-order valence-electron chi connectivity index (χ3n) is 3.01. The highest BCUT2D eigenvalue weighted by Gasteiger charge is 2.21. The molecule has 1 saturated heterocycles. The van der Waals surface area contributed by atoms with Crippen molar-refractivity contribution < 1.29 is 4.74 Å². The molecule has 0 bridgehead atoms. The second-order valence-electron chi connectivity index (χ2n) is 4.66. The first-order valence-electron chi connectivity index (χ1n) is 5.67. The number of ether oxygens (including phenoxy) is 1. The Hall–Kier alpha value is -0.120. The van der Waals surface area contributed by atoms with Crippen LogP contribution in [0.1, 0.15) is 26.7 Å². The molecule has 0 aromatic carbocycles. The van der Waals surface area contributed by atoms with Crippen molar-refractivity contribution in [2.24, 2.45) is 11.7 Å². The van der Waals surface area contributed by atoms with Gasteiger partial charge in [0.2, 0.25) is 0 Å². The summed E-state index contributed by atoms with van der Waals surface area (Å²) in [5, 5.41) is 0. The molecule has 3 heteroatoms. The molecule has 1 fully saturated rings. The van der Waals surface area contributed by atoms with Crippen molar-refractivity contribution in [2.75, 3.05) is 26.7 Å². The van der Waals surface area contributed by atoms with Gasteiger partial charge in [-0.15, -0.1) is 0 Å². The lowest BCUT2D eigenvalue weighted by molar-refractivity contribution is -0.0539. The lowest BCUT2D eigenvalue weighted by Crippen LogP contribution is -2.39. The lowest BCUT2D eigenvalue weighted by Gasteiger charge is -2.32. The van der Waals surface area contributed by atoms with Gasteiger partial charge in [-0.2, -0.15) is 0 Å². The van der Waals surface area contributed by atoms with Gasteiger partial charge in [-0.3, -0.25) is 0 Å². The summed E-state index contributed by atoms with van der Waals surface area (Å²) in [4.78, 5) is 2.35. The van der Waals surface area contributed by atoms with E-state index in [4.69, 9.17) is 10.5 Å². The number of hydrogen-bond donors (Lipinski definition) is 1. The van der Waals surface area contributed by atoms with Gasteiger partial charge in [0.1, 0.15) is 0 Å². The topological polar surface area (TPSA) is 38.5 Å². The minimum absolute atomic E-state index is 0.239. The van der Waals surface area contributed by atoms with Crippen LogP contribution in [-0.2, 0) is 4.74 Å². The average molecular weight is 200 g/mol. The van der Waals surface area contributed by atoms with Crippen LogP contribution in [0.25, 0.3) is 0 Å². The molecule has 1 heterocycles. The fourth-order valence-electron chi connectivity index (χ4n) is 1.85. The first kappa shape index (κ1) is 12.0. The average Bonchev–Trinajstić information content (AvgIpc) is 2.16. The smallest absolute Gasteiger partial charge is 0.0723 e. The van der Waals surface area contributed by atoms with Gasteiger partial charge in [-0.05, 0) is 25.8 Å². The van der Waals surface area contributed by atoms with Gasteiger partial charge >= 0.3 is 0 Å². The predicted octanol–water partition coefficient (Wildman–Crippen LogP) is 1.08. The van der Waals surface area contributed by atoms with Gasteiger partial charge in [0.15, 0.2) is 0 Å². The minimum atomic E-state index is 0.239. The Morgan fingerprint density at radius 1 is 1.36 bits per heavy atom. The van der Waals surface area contributed by atoms with E-state index in [9.17, 15) is 0 Å². The number of nitrogens with zero attached hydrogens (tertiary/aromatic N) is 1. The van der Waals surface area contributed by atoms with Gasteiger partial charge in [-0.25, -0.2) is 0 Å². The summed E-state index contributed by atoms with van der Waals surface area (Å²) in [6, 6.07) is 0. The second kappa shape index (κ2) is 5.69. The molecule has 1 unspecified atom stereocenters. The molecule has 0 saturated carbocycles. The highest BCUT2D eigenvalue weighted by Crippen LogP contribution is 2.16. The molecule has 0 aromatic heterocycles. The van der Waals surface area contributed by atoms with Crippen LogP contribution in [0.5, 0.6) is 0 Å². The second-order valence-corrected chi connectivity index (χ2v) is 4.66. The number of piperidine rings is 1. The molecule has 0 aromatic rings. The normalized spacial score (nSPS) is 22.9. The first-order chi connectivity index (χ1) is 6.63. The molecule has 3 nitrogen and oxygen atoms in total. The largest absolute Gasteiger partial charge is 0.373 e. The summed E-state index contributed by atoms with van der Waals surface area (Å²) < 4.78 is 6.00. The maximum absolute atomic E-state index is 6.00. The Bertz CT molecular complexity index is 153. The van der Waals surface area contributed by atoms with E-state index in [1.807, 2.05) is 0 Å². The van der Waals surface area contributed by atoms with Crippen LogP contribution in [0.15, 0.2) is 0 Å². The van der Waals surface area contributed by atoms with Gasteiger partial charge in [-0.1, -0.05) is 13.8 Å². The summed E-state index contributed by atoms with van der Waals surface area (Å²) in [5.74, 6) is 0.527. The van der Waals surface area contributed by atoms with E-state index in [1.54, 1.807) is 0 Å². The van der Waals surface area contributed by atoms with E-state index in [1.165, 1.54) is 0 Å². The Morgan fingerprint density at radius 2 is 1.93 bits per heavy atom. The van der Waals surface area contributed by atoms with E-state index in [0.717, 1.165) is 25.9 Å². The van der Waals surface area contributed by atoms with Crippen molar-refractivity contribution in [1.82, 2.24) is 4.90 Å². The van der Waals surface area contributed by atoms with Crippen LogP contribution >= 0.6 is 0 Å². The molecule has 0 amide bonds. The predicted molar refractivity (Wildman–Crippen MR) is 59.3 cm³/mol. The molecule has 1 rings (SSSR count). The maximum atomic E-state index is 6.00. The van der Waals surface area contributed by atoms with Crippen LogP contribution in [0.3, 0.4) is 0 Å². The van der Waals surface area contributed by atoms with Gasteiger partial charge in [0, 0.05) is 19.6 Å². The lowest BCUT2D eigenvalue weighted by atomic mass is 10.0. The monoisotopic (exact) mass is 200 g/mol. The molecule has 0 spiro atoms. The van der Waals surface area contributed by atoms with Crippen LogP contribution in [0, 0.1) is 5.92 Å². The minimum Gasteiger partial charge on any atom is -0.373 e. The summed E-state index contributed by atoms with van der Waals surface area (Å²) in [6.07, 6.45) is 2.98. The van der Waals surface area contributed by atoms with Crippen molar-refractivity contribution in [3.63, 3.8) is 0 Å². The highest BCUT2D eigenvalue weighted by atomic mass is 16.5. The number of rotatable bonds is 4. The number of hydrogen-bond acceptors (Lipinski definition) is 3. The maximum Gasteiger partial charge on any atom is 0.0723 e. The zero-order valence-electron chi connectivity index (χ0n) is 9.70. The summed E-state index contributed by atoms with van der Waals surface area (Å²) >= 11 is 0. The highest BCUT2D eigenvalue weighted by molar-refractivity contribution is 4.73. The van der Waals surface area contributed by atoms with Crippen molar-refractivity contribution in [1.29, 1.82) is 0 Å². The summed E-state index contributed by atoms with van der Waals surface area (Å²) in [7, 11) is 2.17. The summed E-state index contributed by atoms with van der Waals surface area (Å²) in [5.41, 5.74) is 5.68.